The van der Waals surface area contributed by atoms with Crippen molar-refractivity contribution in [3.8, 4) is 0 Å². The van der Waals surface area contributed by atoms with Crippen LogP contribution in [0.1, 0.15) is 36.1 Å². The summed E-state index contributed by atoms with van der Waals surface area (Å²) in [5.41, 5.74) is 0. The molecule has 1 atom stereocenters. The summed E-state index contributed by atoms with van der Waals surface area (Å²) in [6.07, 6.45) is 2.12. The first-order valence-corrected chi connectivity index (χ1v) is 9.77. The molecule has 128 valence electrons. The molecule has 1 fully saturated rings. The van der Waals surface area contributed by atoms with Gasteiger partial charge >= 0.3 is 0 Å². The molecule has 0 N–H and O–H groups in total. The van der Waals surface area contributed by atoms with Crippen molar-refractivity contribution in [2.45, 2.75) is 30.4 Å². The highest BCUT2D eigenvalue weighted by Crippen LogP contribution is 2.21. The molecule has 5 nitrogen and oxygen atoms in total. The number of benzene rings is 1. The van der Waals surface area contributed by atoms with E-state index < -0.39 is 9.84 Å². The maximum absolute atomic E-state index is 12.5. The number of carbonyl (C=O) groups is 1. The van der Waals surface area contributed by atoms with Crippen LogP contribution in [-0.4, -0.2) is 32.3 Å². The number of nitrogens with zero attached hydrogens (tertiary/aromatic N) is 1. The largest absolute Gasteiger partial charge is 0.455 e. The number of amides is 1. The lowest BCUT2D eigenvalue weighted by atomic mass is 10.0. The number of rotatable bonds is 4. The van der Waals surface area contributed by atoms with Crippen LogP contribution >= 0.6 is 0 Å². The summed E-state index contributed by atoms with van der Waals surface area (Å²) in [6, 6.07) is 11.4. The summed E-state index contributed by atoms with van der Waals surface area (Å²) in [6.45, 7) is 3.57. The van der Waals surface area contributed by atoms with Crippen LogP contribution in [0.3, 0.4) is 0 Å². The molecule has 2 aromatic rings. The van der Waals surface area contributed by atoms with Crippen LogP contribution in [0, 0.1) is 5.92 Å². The van der Waals surface area contributed by atoms with Gasteiger partial charge in [-0.05, 0) is 43.0 Å². The fraction of sp³-hybridized carbons (Fsp3) is 0.389. The van der Waals surface area contributed by atoms with Crippen molar-refractivity contribution in [1.29, 1.82) is 0 Å². The van der Waals surface area contributed by atoms with E-state index in [1.165, 1.54) is 0 Å². The number of piperidine rings is 1. The van der Waals surface area contributed by atoms with Gasteiger partial charge in [-0.3, -0.25) is 4.79 Å². The topological polar surface area (TPSA) is 67.6 Å². The Morgan fingerprint density at radius 2 is 1.96 bits per heavy atom. The molecule has 6 heteroatoms. The average molecular weight is 347 g/mol. The summed E-state index contributed by atoms with van der Waals surface area (Å²) in [7, 11) is -3.48. The number of sulfone groups is 1. The number of carbonyl (C=O) groups excluding carboxylic acids is 1. The molecule has 0 bridgehead atoms. The highest BCUT2D eigenvalue weighted by Gasteiger charge is 2.25. The molecule has 1 unspecified atom stereocenters. The molecule has 2 heterocycles. The summed E-state index contributed by atoms with van der Waals surface area (Å²) in [5.74, 6) is 0.566. The molecule has 1 amide bonds. The summed E-state index contributed by atoms with van der Waals surface area (Å²) in [5, 5.41) is 0. The minimum atomic E-state index is -3.48. The van der Waals surface area contributed by atoms with Crippen LogP contribution in [0.4, 0.5) is 0 Å². The zero-order valence-electron chi connectivity index (χ0n) is 13.6. The number of likely N-dealkylation sites (tertiary alicyclic amines) is 1. The molecule has 1 aromatic carbocycles. The van der Waals surface area contributed by atoms with Crippen molar-refractivity contribution in [3.63, 3.8) is 0 Å². The Kier molecular flexibility index (Phi) is 4.76. The van der Waals surface area contributed by atoms with Gasteiger partial charge in [-0.15, -0.1) is 0 Å². The van der Waals surface area contributed by atoms with E-state index in [4.69, 9.17) is 4.42 Å². The molecule has 1 aromatic heterocycles. The summed E-state index contributed by atoms with van der Waals surface area (Å²) >= 11 is 0. The first-order valence-electron chi connectivity index (χ1n) is 8.11. The van der Waals surface area contributed by atoms with Gasteiger partial charge in [-0.1, -0.05) is 25.1 Å². The van der Waals surface area contributed by atoms with E-state index in [0.29, 0.717) is 5.92 Å². The normalized spacial score (nSPS) is 18.5. The smallest absolute Gasteiger partial charge is 0.289 e. The fourth-order valence-corrected chi connectivity index (χ4v) is 4.27. The van der Waals surface area contributed by atoms with Gasteiger partial charge in [0.25, 0.3) is 5.91 Å². The van der Waals surface area contributed by atoms with Crippen LogP contribution in [0.15, 0.2) is 51.8 Å². The Hall–Kier alpha value is -2.08. The molecule has 1 aliphatic rings. The monoisotopic (exact) mass is 347 g/mol. The SMILES string of the molecule is CC1CCCN(C(=O)c2ccc(CS(=O)(=O)c3ccccc3)o2)C1. The van der Waals surface area contributed by atoms with E-state index in [1.54, 1.807) is 47.4 Å². The lowest BCUT2D eigenvalue weighted by Crippen LogP contribution is -2.38. The van der Waals surface area contributed by atoms with E-state index in [2.05, 4.69) is 6.92 Å². The fourth-order valence-electron chi connectivity index (χ4n) is 3.00. The third-order valence-electron chi connectivity index (χ3n) is 4.25. The van der Waals surface area contributed by atoms with Crippen LogP contribution in [0.5, 0.6) is 0 Å². The Morgan fingerprint density at radius 1 is 1.21 bits per heavy atom. The minimum absolute atomic E-state index is 0.162. The lowest BCUT2D eigenvalue weighted by molar-refractivity contribution is 0.0649. The molecule has 0 aliphatic carbocycles. The molecule has 1 aliphatic heterocycles. The van der Waals surface area contributed by atoms with Gasteiger partial charge in [0.05, 0.1) is 4.90 Å². The number of hydrogen-bond acceptors (Lipinski definition) is 4. The molecular formula is C18H21NO4S. The third kappa shape index (κ3) is 3.70. The maximum Gasteiger partial charge on any atom is 0.289 e. The van der Waals surface area contributed by atoms with Crippen LogP contribution in [-0.2, 0) is 15.6 Å². The number of furan rings is 1. The van der Waals surface area contributed by atoms with Crippen molar-refractivity contribution in [3.05, 3.63) is 54.0 Å². The van der Waals surface area contributed by atoms with Crippen molar-refractivity contribution in [2.24, 2.45) is 5.92 Å². The zero-order chi connectivity index (χ0) is 17.2. The molecule has 0 spiro atoms. The predicted octanol–water partition coefficient (Wildman–Crippen LogP) is 3.13. The minimum Gasteiger partial charge on any atom is -0.455 e. The van der Waals surface area contributed by atoms with Gasteiger partial charge < -0.3 is 9.32 Å². The van der Waals surface area contributed by atoms with Gasteiger partial charge in [0.1, 0.15) is 11.5 Å². The summed E-state index contributed by atoms with van der Waals surface area (Å²) in [4.78, 5) is 14.5. The summed E-state index contributed by atoms with van der Waals surface area (Å²) < 4.78 is 30.3. The van der Waals surface area contributed by atoms with E-state index in [1.807, 2.05) is 0 Å². The molecule has 1 saturated heterocycles. The van der Waals surface area contributed by atoms with Crippen molar-refractivity contribution in [2.75, 3.05) is 13.1 Å². The predicted molar refractivity (Wildman–Crippen MR) is 90.3 cm³/mol. The van der Waals surface area contributed by atoms with Gasteiger partial charge in [0, 0.05) is 13.1 Å². The Labute approximate surface area is 142 Å². The second-order valence-electron chi connectivity index (χ2n) is 6.34. The van der Waals surface area contributed by atoms with E-state index in [9.17, 15) is 13.2 Å². The molecule has 24 heavy (non-hydrogen) atoms. The van der Waals surface area contributed by atoms with Crippen LogP contribution in [0.25, 0.3) is 0 Å². The second kappa shape index (κ2) is 6.81. The van der Waals surface area contributed by atoms with Gasteiger partial charge in [0.2, 0.25) is 0 Å². The van der Waals surface area contributed by atoms with Crippen molar-refractivity contribution < 1.29 is 17.6 Å². The Balaban J connectivity index is 1.73. The van der Waals surface area contributed by atoms with Gasteiger partial charge in [-0.25, -0.2) is 8.42 Å². The van der Waals surface area contributed by atoms with Crippen molar-refractivity contribution in [1.82, 2.24) is 4.90 Å². The average Bonchev–Trinajstić information content (AvgIpc) is 3.03. The quantitative estimate of drug-likeness (QED) is 0.852. The highest BCUT2D eigenvalue weighted by atomic mass is 32.2. The number of hydrogen-bond donors (Lipinski definition) is 0. The zero-order valence-corrected chi connectivity index (χ0v) is 14.5. The van der Waals surface area contributed by atoms with Crippen molar-refractivity contribution >= 4 is 15.7 Å². The first kappa shape index (κ1) is 16.8. The lowest BCUT2D eigenvalue weighted by Gasteiger charge is -2.30. The van der Waals surface area contributed by atoms with E-state index in [0.717, 1.165) is 25.9 Å². The second-order valence-corrected chi connectivity index (χ2v) is 8.33. The van der Waals surface area contributed by atoms with E-state index >= 15 is 0 Å². The molecule has 0 saturated carbocycles. The molecular weight excluding hydrogens is 326 g/mol. The van der Waals surface area contributed by atoms with Gasteiger partial charge in [-0.2, -0.15) is 0 Å². The Morgan fingerprint density at radius 3 is 2.67 bits per heavy atom. The van der Waals surface area contributed by atoms with E-state index in [-0.39, 0.29) is 28.1 Å². The third-order valence-corrected chi connectivity index (χ3v) is 5.91. The van der Waals surface area contributed by atoms with Crippen LogP contribution < -0.4 is 0 Å². The standard InChI is InChI=1S/C18H21NO4S/c1-14-6-5-11-19(12-14)18(20)17-10-9-15(23-17)13-24(21,22)16-7-3-2-4-8-16/h2-4,7-10,14H,5-6,11-13H2,1H3. The molecule has 3 rings (SSSR count). The maximum atomic E-state index is 12.5. The molecule has 0 radical (unpaired) electrons. The Bertz CT molecular complexity index is 811. The highest BCUT2D eigenvalue weighted by molar-refractivity contribution is 7.90. The first-order chi connectivity index (χ1) is 11.5. The van der Waals surface area contributed by atoms with Crippen LogP contribution in [0.2, 0.25) is 0 Å². The van der Waals surface area contributed by atoms with Gasteiger partial charge in [0.15, 0.2) is 15.6 Å².